The van der Waals surface area contributed by atoms with Gasteiger partial charge in [0, 0.05) is 42.2 Å². The molecule has 0 saturated carbocycles. The number of fused-ring (bicyclic) bond motifs is 3. The predicted molar refractivity (Wildman–Crippen MR) is 93.7 cm³/mol. The van der Waals surface area contributed by atoms with E-state index in [1.54, 1.807) is 11.3 Å². The van der Waals surface area contributed by atoms with Crippen molar-refractivity contribution in [1.82, 2.24) is 10.2 Å². The van der Waals surface area contributed by atoms with Gasteiger partial charge in [0.25, 0.3) is 5.91 Å². The summed E-state index contributed by atoms with van der Waals surface area (Å²) >= 11 is 1.55. The average molecular weight is 344 g/mol. The van der Waals surface area contributed by atoms with Gasteiger partial charge in [-0.2, -0.15) is 0 Å². The fourth-order valence-electron chi connectivity index (χ4n) is 3.05. The summed E-state index contributed by atoms with van der Waals surface area (Å²) in [4.78, 5) is 16.6. The van der Waals surface area contributed by atoms with Crippen LogP contribution in [0.1, 0.15) is 15.2 Å². The molecule has 1 aromatic heterocycles. The molecule has 1 N–H and O–H groups in total. The second-order valence-electron chi connectivity index (χ2n) is 5.96. The van der Waals surface area contributed by atoms with Gasteiger partial charge in [-0.05, 0) is 18.2 Å². The fourth-order valence-corrected chi connectivity index (χ4v) is 4.16. The van der Waals surface area contributed by atoms with E-state index in [1.165, 1.54) is 0 Å². The zero-order valence-corrected chi connectivity index (χ0v) is 14.2. The summed E-state index contributed by atoms with van der Waals surface area (Å²) in [5.41, 5.74) is 2.17. The smallest absolute Gasteiger partial charge is 0.261 e. The number of carbonyl (C=O) groups excluding carboxylic acids is 1. The zero-order chi connectivity index (χ0) is 16.4. The third-order valence-corrected chi connectivity index (χ3v) is 5.57. The van der Waals surface area contributed by atoms with Crippen LogP contribution >= 0.6 is 11.3 Å². The number of rotatable bonds is 4. The lowest BCUT2D eigenvalue weighted by molar-refractivity contribution is 0.0383. The Hall–Kier alpha value is -1.89. The van der Waals surface area contributed by atoms with Crippen LogP contribution in [0, 0.1) is 0 Å². The van der Waals surface area contributed by atoms with Gasteiger partial charge in [-0.1, -0.05) is 12.1 Å². The number of nitrogens with one attached hydrogen (secondary N) is 1. The van der Waals surface area contributed by atoms with Crippen LogP contribution in [-0.4, -0.2) is 50.2 Å². The zero-order valence-electron chi connectivity index (χ0n) is 13.4. The molecule has 3 heterocycles. The number of nitrogens with zero attached hydrogens (tertiary/aromatic N) is 1. The quantitative estimate of drug-likeness (QED) is 0.925. The molecule has 1 saturated heterocycles. The summed E-state index contributed by atoms with van der Waals surface area (Å²) in [5, 5.41) is 3.03. The Morgan fingerprint density at radius 2 is 2.08 bits per heavy atom. The van der Waals surface area contributed by atoms with E-state index < -0.39 is 0 Å². The topological polar surface area (TPSA) is 50.8 Å². The lowest BCUT2D eigenvalue weighted by atomic mass is 10.1. The second kappa shape index (κ2) is 6.93. The van der Waals surface area contributed by atoms with Crippen molar-refractivity contribution in [3.63, 3.8) is 0 Å². The predicted octanol–water partition coefficient (Wildman–Crippen LogP) is 2.37. The number of para-hydroxylation sites is 1. The van der Waals surface area contributed by atoms with Crippen LogP contribution in [0.15, 0.2) is 30.3 Å². The van der Waals surface area contributed by atoms with Gasteiger partial charge in [-0.25, -0.2) is 0 Å². The van der Waals surface area contributed by atoms with E-state index in [-0.39, 0.29) is 5.91 Å². The van der Waals surface area contributed by atoms with Crippen LogP contribution in [0.25, 0.3) is 10.4 Å². The van der Waals surface area contributed by atoms with Crippen molar-refractivity contribution < 1.29 is 14.3 Å². The van der Waals surface area contributed by atoms with E-state index in [0.29, 0.717) is 13.2 Å². The lowest BCUT2D eigenvalue weighted by Crippen LogP contribution is -2.41. The Kier molecular flexibility index (Phi) is 4.51. The maximum Gasteiger partial charge on any atom is 0.261 e. The van der Waals surface area contributed by atoms with Crippen molar-refractivity contribution in [1.29, 1.82) is 0 Å². The Balaban J connectivity index is 1.40. The maximum absolute atomic E-state index is 12.4. The molecule has 6 heteroatoms. The molecule has 0 bridgehead atoms. The second-order valence-corrected chi connectivity index (χ2v) is 7.01. The van der Waals surface area contributed by atoms with E-state index in [1.807, 2.05) is 30.3 Å². The largest absolute Gasteiger partial charge is 0.488 e. The van der Waals surface area contributed by atoms with E-state index in [4.69, 9.17) is 9.47 Å². The molecule has 2 aliphatic heterocycles. The molecule has 1 fully saturated rings. The standard InChI is InChI=1S/C18H20N2O3S/c21-18(19-5-6-20-7-9-22-10-8-20)16-11-13-12-23-15-4-2-1-3-14(15)17(13)24-16/h1-4,11H,5-10,12H2,(H,19,21). The molecule has 0 atom stereocenters. The highest BCUT2D eigenvalue weighted by Gasteiger charge is 2.22. The van der Waals surface area contributed by atoms with Crippen molar-refractivity contribution in [2.45, 2.75) is 6.61 Å². The van der Waals surface area contributed by atoms with E-state index in [9.17, 15) is 4.79 Å². The summed E-state index contributed by atoms with van der Waals surface area (Å²) in [6, 6.07) is 9.94. The molecule has 1 aromatic carbocycles. The van der Waals surface area contributed by atoms with Gasteiger partial charge in [0.1, 0.15) is 12.4 Å². The first-order valence-corrected chi connectivity index (χ1v) is 9.06. The first kappa shape index (κ1) is 15.6. The molecule has 0 spiro atoms. The first-order valence-electron chi connectivity index (χ1n) is 8.24. The van der Waals surface area contributed by atoms with Gasteiger partial charge in [-0.3, -0.25) is 9.69 Å². The van der Waals surface area contributed by atoms with Crippen molar-refractivity contribution in [2.75, 3.05) is 39.4 Å². The highest BCUT2D eigenvalue weighted by Crippen LogP contribution is 2.42. The molecule has 24 heavy (non-hydrogen) atoms. The molecule has 0 aliphatic carbocycles. The Morgan fingerprint density at radius 1 is 1.25 bits per heavy atom. The molecule has 1 amide bonds. The molecule has 2 aliphatic rings. The molecule has 4 rings (SSSR count). The summed E-state index contributed by atoms with van der Waals surface area (Å²) in [6.45, 7) is 5.51. The maximum atomic E-state index is 12.4. The first-order chi connectivity index (χ1) is 11.8. The van der Waals surface area contributed by atoms with Gasteiger partial charge in [0.05, 0.1) is 18.1 Å². The minimum absolute atomic E-state index is 0.000130. The van der Waals surface area contributed by atoms with Crippen LogP contribution in [0.2, 0.25) is 0 Å². The number of hydrogen-bond acceptors (Lipinski definition) is 5. The third kappa shape index (κ3) is 3.17. The number of carbonyl (C=O) groups is 1. The van der Waals surface area contributed by atoms with Crippen molar-refractivity contribution in [2.24, 2.45) is 0 Å². The summed E-state index contributed by atoms with van der Waals surface area (Å²) < 4.78 is 11.1. The van der Waals surface area contributed by atoms with Crippen molar-refractivity contribution >= 4 is 17.2 Å². The Morgan fingerprint density at radius 3 is 2.96 bits per heavy atom. The highest BCUT2D eigenvalue weighted by atomic mass is 32.1. The molecule has 5 nitrogen and oxygen atoms in total. The van der Waals surface area contributed by atoms with Crippen LogP contribution in [0.4, 0.5) is 0 Å². The van der Waals surface area contributed by atoms with Crippen molar-refractivity contribution in [3.8, 4) is 16.2 Å². The van der Waals surface area contributed by atoms with Gasteiger partial charge in [-0.15, -0.1) is 11.3 Å². The summed E-state index contributed by atoms with van der Waals surface area (Å²) in [5.74, 6) is 0.895. The molecule has 0 unspecified atom stereocenters. The lowest BCUT2D eigenvalue weighted by Gasteiger charge is -2.26. The monoisotopic (exact) mass is 344 g/mol. The number of morpholine rings is 1. The minimum atomic E-state index is 0.000130. The van der Waals surface area contributed by atoms with Crippen LogP contribution in [0.5, 0.6) is 5.75 Å². The van der Waals surface area contributed by atoms with E-state index >= 15 is 0 Å². The highest BCUT2D eigenvalue weighted by molar-refractivity contribution is 7.17. The number of benzene rings is 1. The third-order valence-electron chi connectivity index (χ3n) is 4.36. The fraction of sp³-hybridized carbons (Fsp3) is 0.389. The van der Waals surface area contributed by atoms with Crippen LogP contribution in [0.3, 0.4) is 0 Å². The van der Waals surface area contributed by atoms with E-state index in [2.05, 4.69) is 10.2 Å². The number of ether oxygens (including phenoxy) is 2. The average Bonchev–Trinajstić information content (AvgIpc) is 3.07. The SMILES string of the molecule is O=C(NCCN1CCOCC1)c1cc2c(s1)-c1ccccc1OC2. The normalized spacial score (nSPS) is 16.8. The molecule has 0 radical (unpaired) electrons. The van der Waals surface area contributed by atoms with Gasteiger partial charge < -0.3 is 14.8 Å². The molecule has 126 valence electrons. The van der Waals surface area contributed by atoms with Crippen LogP contribution in [-0.2, 0) is 11.3 Å². The van der Waals surface area contributed by atoms with Crippen LogP contribution < -0.4 is 10.1 Å². The molecular weight excluding hydrogens is 324 g/mol. The van der Waals surface area contributed by atoms with E-state index in [0.717, 1.165) is 59.5 Å². The van der Waals surface area contributed by atoms with Gasteiger partial charge in [0.15, 0.2) is 0 Å². The summed E-state index contributed by atoms with van der Waals surface area (Å²) in [7, 11) is 0. The number of thiophene rings is 1. The summed E-state index contributed by atoms with van der Waals surface area (Å²) in [6.07, 6.45) is 0. The number of hydrogen-bond donors (Lipinski definition) is 1. The Bertz CT molecular complexity index is 738. The molecular formula is C18H20N2O3S. The minimum Gasteiger partial charge on any atom is -0.488 e. The molecule has 2 aromatic rings. The van der Waals surface area contributed by atoms with Gasteiger partial charge >= 0.3 is 0 Å². The van der Waals surface area contributed by atoms with Crippen molar-refractivity contribution in [3.05, 3.63) is 40.8 Å². The Labute approximate surface area is 145 Å². The van der Waals surface area contributed by atoms with Gasteiger partial charge in [0.2, 0.25) is 0 Å². The number of amides is 1.